The lowest BCUT2D eigenvalue weighted by Crippen LogP contribution is -2.00. The molecule has 0 amide bonds. The van der Waals surface area contributed by atoms with Crippen molar-refractivity contribution in [1.82, 2.24) is 0 Å². The number of hydrogen-bond acceptors (Lipinski definition) is 2. The van der Waals surface area contributed by atoms with Crippen LogP contribution in [0.4, 0.5) is 0 Å². The maximum absolute atomic E-state index is 9.41. The van der Waals surface area contributed by atoms with Gasteiger partial charge in [-0.15, -0.1) is 6.58 Å². The molecule has 2 nitrogen and oxygen atoms in total. The Labute approximate surface area is 36.1 Å². The summed E-state index contributed by atoms with van der Waals surface area (Å²) in [6.07, 6.45) is 0.588. The number of aliphatic hydroxyl groups excluding tert-OH is 1. The highest BCUT2D eigenvalue weighted by atomic mass is 16.3. The minimum absolute atomic E-state index is 0.410. The van der Waals surface area contributed by atoms with Crippen LogP contribution in [0.5, 0.6) is 0 Å². The van der Waals surface area contributed by atoms with Crippen LogP contribution in [-0.4, -0.2) is 17.5 Å². The molecule has 0 aliphatic carbocycles. The summed E-state index contributed by atoms with van der Waals surface area (Å²) in [6, 6.07) is 0. The minimum Gasteiger partial charge on any atom is -0.382 e. The second-order valence-corrected chi connectivity index (χ2v) is 0.862. The zero-order valence-corrected chi connectivity index (χ0v) is 3.29. The maximum atomic E-state index is 9.41. The molecule has 1 N–H and O–H groups in total. The number of aldehydes is 1. The first-order valence-corrected chi connectivity index (χ1v) is 1.57. The second-order valence-electron chi connectivity index (χ2n) is 0.862. The van der Waals surface area contributed by atoms with Crippen molar-refractivity contribution in [3.63, 3.8) is 0 Å². The topological polar surface area (TPSA) is 37.3 Å². The molecule has 0 aliphatic rings. The summed E-state index contributed by atoms with van der Waals surface area (Å²) in [5, 5.41) is 8.18. The fraction of sp³-hybridized carbons (Fsp3) is 0.250. The van der Waals surface area contributed by atoms with Gasteiger partial charge < -0.3 is 9.90 Å². The summed E-state index contributed by atoms with van der Waals surface area (Å²) in [5.41, 5.74) is 0. The van der Waals surface area contributed by atoms with Crippen molar-refractivity contribution in [2.75, 3.05) is 0 Å². The molecule has 0 fully saturated rings. The van der Waals surface area contributed by atoms with Crippen LogP contribution >= 0.6 is 0 Å². The van der Waals surface area contributed by atoms with Gasteiger partial charge in [-0.1, -0.05) is 6.08 Å². The van der Waals surface area contributed by atoms with Gasteiger partial charge in [0.05, 0.1) is 0 Å². The molecular weight excluding hydrogens is 80.0 g/mol. The predicted molar refractivity (Wildman–Crippen MR) is 22.3 cm³/mol. The molecule has 0 radical (unpaired) electrons. The molecule has 0 aromatic rings. The summed E-state index contributed by atoms with van der Waals surface area (Å²) >= 11 is 0. The summed E-state index contributed by atoms with van der Waals surface area (Å²) in [5.74, 6) is 0. The van der Waals surface area contributed by atoms with Crippen molar-refractivity contribution >= 4 is 6.29 Å². The monoisotopic (exact) mass is 86.0 g/mol. The van der Waals surface area contributed by atoms with Crippen molar-refractivity contribution in [1.29, 1.82) is 0 Å². The molecule has 6 heavy (non-hydrogen) atoms. The van der Waals surface area contributed by atoms with Crippen LogP contribution in [0, 0.1) is 0 Å². The van der Waals surface area contributed by atoms with E-state index in [1.54, 1.807) is 0 Å². The highest BCUT2D eigenvalue weighted by Crippen LogP contribution is 1.70. The molecule has 0 aliphatic heterocycles. The lowest BCUT2D eigenvalue weighted by molar-refractivity contribution is -0.112. The van der Waals surface area contributed by atoms with Crippen LogP contribution in [0.2, 0.25) is 0 Å². The average Bonchev–Trinajstić information content (AvgIpc) is 1.65. The number of rotatable bonds is 2. The Hall–Kier alpha value is -0.630. The van der Waals surface area contributed by atoms with E-state index in [2.05, 4.69) is 6.58 Å². The molecule has 0 spiro atoms. The van der Waals surface area contributed by atoms with Crippen LogP contribution in [0.25, 0.3) is 0 Å². The molecule has 34 valence electrons. The van der Waals surface area contributed by atoms with Crippen molar-refractivity contribution < 1.29 is 9.90 Å². The molecule has 0 heterocycles. The van der Waals surface area contributed by atoms with E-state index in [4.69, 9.17) is 5.11 Å². The third-order valence-electron chi connectivity index (χ3n) is 0.381. The average molecular weight is 86.1 g/mol. The molecule has 0 unspecified atom stereocenters. The Morgan fingerprint density at radius 3 is 2.33 bits per heavy atom. The molecule has 0 rings (SSSR count). The highest BCUT2D eigenvalue weighted by molar-refractivity contribution is 5.58. The summed E-state index contributed by atoms with van der Waals surface area (Å²) in [6.45, 7) is 3.15. The second kappa shape index (κ2) is 2.60. The van der Waals surface area contributed by atoms with Crippen molar-refractivity contribution in [3.8, 4) is 0 Å². The van der Waals surface area contributed by atoms with Gasteiger partial charge in [0.2, 0.25) is 0 Å². The lowest BCUT2D eigenvalue weighted by atomic mass is 10.4. The van der Waals surface area contributed by atoms with E-state index >= 15 is 0 Å². The van der Waals surface area contributed by atoms with E-state index in [0.29, 0.717) is 6.29 Å². The molecule has 0 aromatic heterocycles. The van der Waals surface area contributed by atoms with E-state index in [1.807, 2.05) is 0 Å². The van der Waals surface area contributed by atoms with Crippen LogP contribution in [0.1, 0.15) is 0 Å². The lowest BCUT2D eigenvalue weighted by Gasteiger charge is -1.83. The van der Waals surface area contributed by atoms with Crippen LogP contribution in [-0.2, 0) is 4.79 Å². The Balaban J connectivity index is 3.21. The Kier molecular flexibility index (Phi) is 2.33. The van der Waals surface area contributed by atoms with Gasteiger partial charge in [0.1, 0.15) is 6.10 Å². The van der Waals surface area contributed by atoms with Crippen LogP contribution in [0.3, 0.4) is 0 Å². The SMILES string of the molecule is C=C[C@@H](O)C=O. The zero-order valence-electron chi connectivity index (χ0n) is 3.29. The van der Waals surface area contributed by atoms with Crippen molar-refractivity contribution in [2.45, 2.75) is 6.10 Å². The Morgan fingerprint density at radius 1 is 1.83 bits per heavy atom. The third kappa shape index (κ3) is 1.67. The van der Waals surface area contributed by atoms with Gasteiger partial charge in [-0.3, -0.25) is 0 Å². The first-order valence-electron chi connectivity index (χ1n) is 1.57. The van der Waals surface area contributed by atoms with E-state index < -0.39 is 6.10 Å². The number of carbonyl (C=O) groups is 1. The van der Waals surface area contributed by atoms with E-state index in [9.17, 15) is 4.79 Å². The largest absolute Gasteiger partial charge is 0.382 e. The molecule has 0 bridgehead atoms. The number of aliphatic hydroxyl groups is 1. The summed E-state index contributed by atoms with van der Waals surface area (Å²) in [4.78, 5) is 9.41. The first-order chi connectivity index (χ1) is 2.81. The molecular formula is C4H6O2. The van der Waals surface area contributed by atoms with Crippen LogP contribution < -0.4 is 0 Å². The molecule has 0 aromatic carbocycles. The zero-order chi connectivity index (χ0) is 4.99. The van der Waals surface area contributed by atoms with Gasteiger partial charge in [0.15, 0.2) is 6.29 Å². The predicted octanol–water partition coefficient (Wildman–Crippen LogP) is -0.268. The normalized spacial score (nSPS) is 12.8. The van der Waals surface area contributed by atoms with Crippen molar-refractivity contribution in [3.05, 3.63) is 12.7 Å². The van der Waals surface area contributed by atoms with Crippen LogP contribution in [0.15, 0.2) is 12.7 Å². The van der Waals surface area contributed by atoms with E-state index in [0.717, 1.165) is 6.08 Å². The number of hydrogen-bond donors (Lipinski definition) is 1. The molecule has 1 atom stereocenters. The van der Waals surface area contributed by atoms with Gasteiger partial charge in [-0.25, -0.2) is 0 Å². The third-order valence-corrected chi connectivity index (χ3v) is 0.381. The smallest absolute Gasteiger partial charge is 0.152 e. The van der Waals surface area contributed by atoms with Gasteiger partial charge >= 0.3 is 0 Å². The summed E-state index contributed by atoms with van der Waals surface area (Å²) < 4.78 is 0. The molecule has 0 saturated carbocycles. The van der Waals surface area contributed by atoms with Gasteiger partial charge in [-0.2, -0.15) is 0 Å². The standard InChI is InChI=1S/C4H6O2/c1-2-4(6)3-5/h2-4,6H,1H2/t4-/m1/s1. The first kappa shape index (κ1) is 5.37. The Bertz CT molecular complexity index is 50.6. The fourth-order valence-corrected chi connectivity index (χ4v) is 0.0556. The highest BCUT2D eigenvalue weighted by Gasteiger charge is 1.86. The molecule has 2 heteroatoms. The maximum Gasteiger partial charge on any atom is 0.152 e. The van der Waals surface area contributed by atoms with E-state index in [-0.39, 0.29) is 0 Å². The quantitative estimate of drug-likeness (QED) is 0.371. The van der Waals surface area contributed by atoms with Gasteiger partial charge in [0, 0.05) is 0 Å². The van der Waals surface area contributed by atoms with Gasteiger partial charge in [0.25, 0.3) is 0 Å². The van der Waals surface area contributed by atoms with Gasteiger partial charge in [-0.05, 0) is 0 Å². The van der Waals surface area contributed by atoms with E-state index in [1.165, 1.54) is 0 Å². The number of carbonyl (C=O) groups excluding carboxylic acids is 1. The summed E-state index contributed by atoms with van der Waals surface area (Å²) in [7, 11) is 0. The molecule has 0 saturated heterocycles. The Morgan fingerprint density at radius 2 is 2.33 bits per heavy atom. The fourth-order valence-electron chi connectivity index (χ4n) is 0.0556. The van der Waals surface area contributed by atoms with Crippen molar-refractivity contribution in [2.24, 2.45) is 0 Å². The minimum atomic E-state index is -0.981.